The van der Waals surface area contributed by atoms with Gasteiger partial charge in [0.1, 0.15) is 5.82 Å². The Morgan fingerprint density at radius 2 is 1.93 bits per heavy atom. The second-order valence-corrected chi connectivity index (χ2v) is 8.45. The van der Waals surface area contributed by atoms with E-state index in [0.29, 0.717) is 18.8 Å². The molecule has 148 valence electrons. The van der Waals surface area contributed by atoms with E-state index >= 15 is 0 Å². The number of aliphatic imine (C=N–C) groups is 1. The number of anilines is 1. The van der Waals surface area contributed by atoms with Gasteiger partial charge in [-0.1, -0.05) is 24.3 Å². The number of carbonyl (C=O) groups excluding carboxylic acids is 1. The smallest absolute Gasteiger partial charge is 0.227 e. The number of thioether (sulfide) groups is 1. The molecule has 2 aromatic rings. The second kappa shape index (κ2) is 9.59. The van der Waals surface area contributed by atoms with Gasteiger partial charge in [-0.05, 0) is 44.0 Å². The van der Waals surface area contributed by atoms with Crippen LogP contribution in [0.5, 0.6) is 0 Å². The number of aromatic nitrogens is 1. The van der Waals surface area contributed by atoms with E-state index in [4.69, 9.17) is 0 Å². The van der Waals surface area contributed by atoms with Crippen molar-refractivity contribution in [3.8, 4) is 0 Å². The lowest BCUT2D eigenvalue weighted by Crippen LogP contribution is -2.42. The molecule has 1 aliphatic rings. The van der Waals surface area contributed by atoms with Gasteiger partial charge in [0.2, 0.25) is 5.91 Å². The van der Waals surface area contributed by atoms with Crippen molar-refractivity contribution in [3.63, 3.8) is 0 Å². The van der Waals surface area contributed by atoms with Crippen molar-refractivity contribution in [2.45, 2.75) is 35.8 Å². The first-order valence-corrected chi connectivity index (χ1v) is 10.3. The van der Waals surface area contributed by atoms with Gasteiger partial charge in [-0.3, -0.25) is 9.79 Å². The highest BCUT2D eigenvalue weighted by molar-refractivity contribution is 8.01. The summed E-state index contributed by atoms with van der Waals surface area (Å²) in [7, 11) is 1.75. The van der Waals surface area contributed by atoms with E-state index in [0.717, 1.165) is 18.2 Å². The Morgan fingerprint density at radius 3 is 2.61 bits per heavy atom. The largest absolute Gasteiger partial charge is 0.356 e. The molecule has 0 unspecified atom stereocenters. The lowest BCUT2D eigenvalue weighted by atomic mass is 10.3. The molecular formula is C21H27N5OS. The zero-order chi connectivity index (χ0) is 19.8. The number of amides is 1. The van der Waals surface area contributed by atoms with Crippen LogP contribution in [0.25, 0.3) is 0 Å². The first kappa shape index (κ1) is 20.2. The Bertz CT molecular complexity index is 821. The number of hydrogen-bond acceptors (Lipinski definition) is 4. The fraction of sp³-hybridized carbons (Fsp3) is 0.381. The number of rotatable bonds is 8. The molecule has 1 saturated carbocycles. The van der Waals surface area contributed by atoms with Crippen LogP contribution in [0.15, 0.2) is 58.4 Å². The fourth-order valence-electron chi connectivity index (χ4n) is 2.77. The minimum atomic E-state index is -0.0700. The predicted octanol–water partition coefficient (Wildman–Crippen LogP) is 3.21. The summed E-state index contributed by atoms with van der Waals surface area (Å²) >= 11 is 1.92. The van der Waals surface area contributed by atoms with Crippen molar-refractivity contribution in [2.75, 3.05) is 25.5 Å². The number of hydrogen-bond donors (Lipinski definition) is 3. The van der Waals surface area contributed by atoms with Crippen LogP contribution < -0.4 is 16.0 Å². The summed E-state index contributed by atoms with van der Waals surface area (Å²) in [4.78, 5) is 21.9. The number of nitrogens with one attached hydrogen (secondary N) is 3. The van der Waals surface area contributed by atoms with E-state index in [1.807, 2.05) is 36.9 Å². The van der Waals surface area contributed by atoms with Crippen LogP contribution in [-0.4, -0.2) is 41.7 Å². The third-order valence-electron chi connectivity index (χ3n) is 4.49. The molecular weight excluding hydrogens is 370 g/mol. The van der Waals surface area contributed by atoms with E-state index < -0.39 is 0 Å². The summed E-state index contributed by atoms with van der Waals surface area (Å²) < 4.78 is 0.243. The minimum absolute atomic E-state index is 0.0700. The molecule has 0 aliphatic heterocycles. The average Bonchev–Trinajstić information content (AvgIpc) is 3.45. The Labute approximate surface area is 170 Å². The number of guanidine groups is 1. The molecule has 3 N–H and O–H groups in total. The summed E-state index contributed by atoms with van der Waals surface area (Å²) in [6.45, 7) is 3.26. The highest BCUT2D eigenvalue weighted by Crippen LogP contribution is 2.51. The van der Waals surface area contributed by atoms with Gasteiger partial charge in [-0.25, -0.2) is 4.98 Å². The third-order valence-corrected chi connectivity index (χ3v) is 5.98. The topological polar surface area (TPSA) is 78.4 Å². The molecule has 3 rings (SSSR count). The van der Waals surface area contributed by atoms with E-state index in [1.165, 1.54) is 17.7 Å². The molecule has 0 radical (unpaired) electrons. The molecule has 0 bridgehead atoms. The summed E-state index contributed by atoms with van der Waals surface area (Å²) in [6, 6.07) is 16.1. The Kier molecular flexibility index (Phi) is 6.92. The highest BCUT2D eigenvalue weighted by atomic mass is 32.2. The zero-order valence-electron chi connectivity index (χ0n) is 16.4. The summed E-state index contributed by atoms with van der Waals surface area (Å²) in [5, 5.41) is 9.42. The van der Waals surface area contributed by atoms with Gasteiger partial charge < -0.3 is 16.0 Å². The second-order valence-electron chi connectivity index (χ2n) is 6.91. The number of pyridine rings is 1. The molecule has 0 atom stereocenters. The number of benzene rings is 1. The van der Waals surface area contributed by atoms with Gasteiger partial charge in [0, 0.05) is 41.9 Å². The standard InChI is InChI=1S/C21H27N5OS/c1-16-7-6-10-18(25-16)26-19(27)11-14-23-20(22-2)24-15-21(12-13-21)28-17-8-4-3-5-9-17/h3-10H,11-15H2,1-2H3,(H2,22,23,24)(H,25,26,27). The predicted molar refractivity (Wildman–Crippen MR) is 116 cm³/mol. The molecule has 1 aromatic carbocycles. The van der Waals surface area contributed by atoms with Gasteiger partial charge in [-0.2, -0.15) is 0 Å². The summed E-state index contributed by atoms with van der Waals surface area (Å²) in [6.07, 6.45) is 2.74. The van der Waals surface area contributed by atoms with Gasteiger partial charge >= 0.3 is 0 Å². The molecule has 1 heterocycles. The van der Waals surface area contributed by atoms with E-state index in [9.17, 15) is 4.79 Å². The van der Waals surface area contributed by atoms with Crippen LogP contribution in [0.3, 0.4) is 0 Å². The van der Waals surface area contributed by atoms with Gasteiger partial charge in [0.05, 0.1) is 0 Å². The minimum Gasteiger partial charge on any atom is -0.356 e. The molecule has 7 heteroatoms. The van der Waals surface area contributed by atoms with Crippen molar-refractivity contribution in [3.05, 3.63) is 54.2 Å². The lowest BCUT2D eigenvalue weighted by Gasteiger charge is -2.18. The van der Waals surface area contributed by atoms with Crippen molar-refractivity contribution >= 4 is 29.4 Å². The van der Waals surface area contributed by atoms with Crippen molar-refractivity contribution < 1.29 is 4.79 Å². The van der Waals surface area contributed by atoms with E-state index in [1.54, 1.807) is 13.1 Å². The zero-order valence-corrected chi connectivity index (χ0v) is 17.2. The van der Waals surface area contributed by atoms with Gasteiger partial charge in [0.25, 0.3) is 0 Å². The number of aryl methyl sites for hydroxylation is 1. The maximum atomic E-state index is 12.1. The summed E-state index contributed by atoms with van der Waals surface area (Å²) in [5.41, 5.74) is 0.878. The van der Waals surface area contributed by atoms with Crippen molar-refractivity contribution in [2.24, 2.45) is 4.99 Å². The van der Waals surface area contributed by atoms with Crippen molar-refractivity contribution in [1.29, 1.82) is 0 Å². The van der Waals surface area contributed by atoms with Gasteiger partial charge in [0.15, 0.2) is 5.96 Å². The SMILES string of the molecule is CN=C(NCCC(=O)Nc1cccc(C)n1)NCC1(Sc2ccccc2)CC1. The molecule has 28 heavy (non-hydrogen) atoms. The molecule has 1 fully saturated rings. The van der Waals surface area contributed by atoms with Crippen LogP contribution in [0.1, 0.15) is 25.0 Å². The van der Waals surface area contributed by atoms with Crippen LogP contribution in [0.4, 0.5) is 5.82 Å². The Hall–Kier alpha value is -2.54. The molecule has 1 amide bonds. The molecule has 1 aliphatic carbocycles. The number of carbonyl (C=O) groups is 1. The maximum absolute atomic E-state index is 12.1. The monoisotopic (exact) mass is 397 g/mol. The van der Waals surface area contributed by atoms with Crippen LogP contribution in [-0.2, 0) is 4.79 Å². The first-order valence-electron chi connectivity index (χ1n) is 9.51. The summed E-state index contributed by atoms with van der Waals surface area (Å²) in [5.74, 6) is 1.24. The van der Waals surface area contributed by atoms with Gasteiger partial charge in [-0.15, -0.1) is 11.8 Å². The Morgan fingerprint density at radius 1 is 1.14 bits per heavy atom. The normalized spacial score (nSPS) is 15.0. The highest BCUT2D eigenvalue weighted by Gasteiger charge is 2.43. The van der Waals surface area contributed by atoms with E-state index in [-0.39, 0.29) is 10.7 Å². The molecule has 0 saturated heterocycles. The van der Waals surface area contributed by atoms with Crippen molar-refractivity contribution in [1.82, 2.24) is 15.6 Å². The number of nitrogens with zero attached hydrogens (tertiary/aromatic N) is 2. The van der Waals surface area contributed by atoms with Crippen LogP contribution >= 0.6 is 11.8 Å². The molecule has 6 nitrogen and oxygen atoms in total. The van der Waals surface area contributed by atoms with Crippen LogP contribution in [0.2, 0.25) is 0 Å². The lowest BCUT2D eigenvalue weighted by molar-refractivity contribution is -0.116. The average molecular weight is 398 g/mol. The quantitative estimate of drug-likeness (QED) is 0.471. The maximum Gasteiger partial charge on any atom is 0.227 e. The van der Waals surface area contributed by atoms with Crippen LogP contribution in [0, 0.1) is 6.92 Å². The Balaban J connectivity index is 1.38. The molecule has 0 spiro atoms. The molecule has 1 aromatic heterocycles. The fourth-order valence-corrected chi connectivity index (χ4v) is 4.01. The van der Waals surface area contributed by atoms with E-state index in [2.05, 4.69) is 50.2 Å². The third kappa shape index (κ3) is 6.27. The first-order chi connectivity index (χ1) is 13.6.